The summed E-state index contributed by atoms with van der Waals surface area (Å²) >= 11 is 0. The number of hydrogen-bond donors (Lipinski definition) is 1. The molecule has 1 aliphatic carbocycles. The third kappa shape index (κ3) is 4.04. The highest BCUT2D eigenvalue weighted by molar-refractivity contribution is 4.91. The van der Waals surface area contributed by atoms with Gasteiger partial charge in [0.05, 0.1) is 25.4 Å². The van der Waals surface area contributed by atoms with Crippen molar-refractivity contribution in [1.82, 2.24) is 0 Å². The van der Waals surface area contributed by atoms with Crippen molar-refractivity contribution in [1.29, 1.82) is 0 Å². The fraction of sp³-hybridized carbons (Fsp3) is 1.00. The molecule has 0 aliphatic heterocycles. The first kappa shape index (κ1) is 13.9. The molecule has 0 aromatic carbocycles. The molecule has 1 rings (SSSR count). The molecule has 96 valence electrons. The summed E-state index contributed by atoms with van der Waals surface area (Å²) in [6, 6.07) is 0. The lowest BCUT2D eigenvalue weighted by atomic mass is 9.89. The van der Waals surface area contributed by atoms with E-state index in [1.807, 2.05) is 0 Å². The zero-order valence-corrected chi connectivity index (χ0v) is 11.0. The van der Waals surface area contributed by atoms with Crippen LogP contribution in [0.25, 0.3) is 0 Å². The Hall–Kier alpha value is -0.120. The smallest absolute Gasteiger partial charge is 0.0852 e. The standard InChI is InChI=1S/C13H26O3/c1-10(2)9-15-7-8-16-11-5-6-13(3,4)12(11)14/h10-12,14H,5-9H2,1-4H3. The van der Waals surface area contributed by atoms with Crippen LogP contribution in [0.1, 0.15) is 40.5 Å². The van der Waals surface area contributed by atoms with E-state index < -0.39 is 0 Å². The summed E-state index contributed by atoms with van der Waals surface area (Å²) in [7, 11) is 0. The summed E-state index contributed by atoms with van der Waals surface area (Å²) in [6.45, 7) is 10.4. The maximum Gasteiger partial charge on any atom is 0.0852 e. The highest BCUT2D eigenvalue weighted by atomic mass is 16.5. The molecule has 0 aromatic heterocycles. The van der Waals surface area contributed by atoms with Crippen molar-refractivity contribution in [3.05, 3.63) is 0 Å². The Morgan fingerprint density at radius 3 is 2.50 bits per heavy atom. The van der Waals surface area contributed by atoms with Gasteiger partial charge in [-0.3, -0.25) is 0 Å². The Labute approximate surface area is 99.1 Å². The van der Waals surface area contributed by atoms with E-state index >= 15 is 0 Å². The van der Waals surface area contributed by atoms with Crippen LogP contribution in [0.3, 0.4) is 0 Å². The summed E-state index contributed by atoms with van der Waals surface area (Å²) in [6.07, 6.45) is 1.65. The molecule has 1 fully saturated rings. The van der Waals surface area contributed by atoms with E-state index in [2.05, 4.69) is 27.7 Å². The normalized spacial score (nSPS) is 28.9. The molecule has 0 aromatic rings. The monoisotopic (exact) mass is 230 g/mol. The van der Waals surface area contributed by atoms with Crippen molar-refractivity contribution >= 4 is 0 Å². The molecule has 1 aliphatic rings. The summed E-state index contributed by atoms with van der Waals surface area (Å²) < 4.78 is 11.1. The van der Waals surface area contributed by atoms with Gasteiger partial charge in [0.25, 0.3) is 0 Å². The minimum absolute atomic E-state index is 0.00218. The average molecular weight is 230 g/mol. The van der Waals surface area contributed by atoms with Crippen LogP contribution >= 0.6 is 0 Å². The van der Waals surface area contributed by atoms with E-state index in [0.717, 1.165) is 19.4 Å². The predicted octanol–water partition coefficient (Wildman–Crippen LogP) is 2.23. The lowest BCUT2D eigenvalue weighted by Gasteiger charge is -2.25. The molecule has 0 radical (unpaired) electrons. The van der Waals surface area contributed by atoms with Crippen molar-refractivity contribution in [2.45, 2.75) is 52.7 Å². The Balaban J connectivity index is 2.10. The van der Waals surface area contributed by atoms with E-state index in [4.69, 9.17) is 9.47 Å². The molecular weight excluding hydrogens is 204 g/mol. The van der Waals surface area contributed by atoms with Gasteiger partial charge in [0.2, 0.25) is 0 Å². The third-order valence-corrected chi connectivity index (χ3v) is 3.24. The first-order chi connectivity index (χ1) is 7.43. The number of aliphatic hydroxyl groups is 1. The highest BCUT2D eigenvalue weighted by Gasteiger charge is 2.41. The van der Waals surface area contributed by atoms with Crippen molar-refractivity contribution in [2.75, 3.05) is 19.8 Å². The van der Waals surface area contributed by atoms with Crippen molar-refractivity contribution in [2.24, 2.45) is 11.3 Å². The largest absolute Gasteiger partial charge is 0.390 e. The van der Waals surface area contributed by atoms with Crippen LogP contribution in [0.2, 0.25) is 0 Å². The zero-order chi connectivity index (χ0) is 12.2. The van der Waals surface area contributed by atoms with Gasteiger partial charge in [-0.2, -0.15) is 0 Å². The van der Waals surface area contributed by atoms with Crippen molar-refractivity contribution in [3.8, 4) is 0 Å². The predicted molar refractivity (Wildman–Crippen MR) is 64.4 cm³/mol. The molecule has 0 amide bonds. The summed E-state index contributed by atoms with van der Waals surface area (Å²) in [5.41, 5.74) is 0.00343. The third-order valence-electron chi connectivity index (χ3n) is 3.24. The van der Waals surface area contributed by atoms with Crippen LogP contribution in [-0.2, 0) is 9.47 Å². The van der Waals surface area contributed by atoms with Crippen molar-refractivity contribution in [3.63, 3.8) is 0 Å². The molecule has 0 spiro atoms. The minimum atomic E-state index is -0.336. The van der Waals surface area contributed by atoms with E-state index in [9.17, 15) is 5.11 Å². The zero-order valence-electron chi connectivity index (χ0n) is 11.0. The van der Waals surface area contributed by atoms with Gasteiger partial charge >= 0.3 is 0 Å². The highest BCUT2D eigenvalue weighted by Crippen LogP contribution is 2.38. The summed E-state index contributed by atoms with van der Waals surface area (Å²) in [5.74, 6) is 0.566. The van der Waals surface area contributed by atoms with Gasteiger partial charge in [0.15, 0.2) is 0 Å². The molecule has 0 saturated heterocycles. The van der Waals surface area contributed by atoms with Crippen LogP contribution in [-0.4, -0.2) is 37.1 Å². The fourth-order valence-corrected chi connectivity index (χ4v) is 2.08. The van der Waals surface area contributed by atoms with Gasteiger partial charge in [-0.05, 0) is 24.2 Å². The van der Waals surface area contributed by atoms with Gasteiger partial charge in [-0.25, -0.2) is 0 Å². The average Bonchev–Trinajstić information content (AvgIpc) is 2.43. The van der Waals surface area contributed by atoms with Gasteiger partial charge < -0.3 is 14.6 Å². The topological polar surface area (TPSA) is 38.7 Å². The molecule has 1 saturated carbocycles. The van der Waals surface area contributed by atoms with Gasteiger partial charge in [0, 0.05) is 6.61 Å². The Bertz CT molecular complexity index is 201. The van der Waals surface area contributed by atoms with Crippen LogP contribution in [0.5, 0.6) is 0 Å². The number of ether oxygens (including phenoxy) is 2. The van der Waals surface area contributed by atoms with E-state index in [1.165, 1.54) is 0 Å². The van der Waals surface area contributed by atoms with Gasteiger partial charge in [-0.15, -0.1) is 0 Å². The molecule has 2 atom stereocenters. The molecule has 0 heterocycles. The molecule has 16 heavy (non-hydrogen) atoms. The molecule has 2 unspecified atom stereocenters. The first-order valence-corrected chi connectivity index (χ1v) is 6.31. The van der Waals surface area contributed by atoms with Crippen molar-refractivity contribution < 1.29 is 14.6 Å². The van der Waals surface area contributed by atoms with Crippen LogP contribution in [0.4, 0.5) is 0 Å². The first-order valence-electron chi connectivity index (χ1n) is 6.31. The van der Waals surface area contributed by atoms with Crippen LogP contribution in [0.15, 0.2) is 0 Å². The lowest BCUT2D eigenvalue weighted by Crippen LogP contribution is -2.33. The number of rotatable bonds is 6. The minimum Gasteiger partial charge on any atom is -0.390 e. The van der Waals surface area contributed by atoms with E-state index in [1.54, 1.807) is 0 Å². The fourth-order valence-electron chi connectivity index (χ4n) is 2.08. The molecule has 3 nitrogen and oxygen atoms in total. The SMILES string of the molecule is CC(C)COCCOC1CCC(C)(C)C1O. The Morgan fingerprint density at radius 1 is 1.31 bits per heavy atom. The van der Waals surface area contributed by atoms with Crippen LogP contribution in [0, 0.1) is 11.3 Å². The van der Waals surface area contributed by atoms with Gasteiger partial charge in [-0.1, -0.05) is 27.7 Å². The summed E-state index contributed by atoms with van der Waals surface area (Å²) in [4.78, 5) is 0. The molecule has 3 heteroatoms. The number of hydrogen-bond acceptors (Lipinski definition) is 3. The quantitative estimate of drug-likeness (QED) is 0.711. The molecule has 0 bridgehead atoms. The second-order valence-electron chi connectivity index (χ2n) is 5.85. The maximum absolute atomic E-state index is 10.00. The second kappa shape index (κ2) is 5.99. The van der Waals surface area contributed by atoms with E-state index in [0.29, 0.717) is 19.1 Å². The molecular formula is C13H26O3. The lowest BCUT2D eigenvalue weighted by molar-refractivity contribution is -0.0657. The van der Waals surface area contributed by atoms with Gasteiger partial charge in [0.1, 0.15) is 0 Å². The van der Waals surface area contributed by atoms with Crippen LogP contribution < -0.4 is 0 Å². The number of aliphatic hydroxyl groups excluding tert-OH is 1. The molecule has 1 N–H and O–H groups in total. The second-order valence-corrected chi connectivity index (χ2v) is 5.85. The maximum atomic E-state index is 10.00. The Kier molecular flexibility index (Phi) is 5.22. The van der Waals surface area contributed by atoms with E-state index in [-0.39, 0.29) is 17.6 Å². The summed E-state index contributed by atoms with van der Waals surface area (Å²) in [5, 5.41) is 10.00. The Morgan fingerprint density at radius 2 is 2.00 bits per heavy atom.